The van der Waals surface area contributed by atoms with Crippen LogP contribution >= 0.6 is 0 Å². The minimum atomic E-state index is -0.683. The van der Waals surface area contributed by atoms with Crippen molar-refractivity contribution in [2.45, 2.75) is 6.92 Å². The van der Waals surface area contributed by atoms with E-state index in [4.69, 9.17) is 17.2 Å². The summed E-state index contributed by atoms with van der Waals surface area (Å²) in [5, 5.41) is 0. The number of aromatic amines is 1. The zero-order chi connectivity index (χ0) is 25.4. The van der Waals surface area contributed by atoms with Crippen molar-refractivity contribution >= 4 is 29.0 Å². The minimum absolute atomic E-state index is 0.00133. The van der Waals surface area contributed by atoms with E-state index in [1.807, 2.05) is 6.92 Å². The Bertz CT molecular complexity index is 1380. The molecule has 35 heavy (non-hydrogen) atoms. The van der Waals surface area contributed by atoms with Crippen molar-refractivity contribution in [1.29, 1.82) is 0 Å². The van der Waals surface area contributed by atoms with Crippen LogP contribution in [0.1, 0.15) is 27.4 Å². The molecule has 4 heterocycles. The third-order valence-electron chi connectivity index (χ3n) is 4.34. The van der Waals surface area contributed by atoms with Crippen molar-refractivity contribution in [3.05, 3.63) is 102 Å². The lowest BCUT2D eigenvalue weighted by atomic mass is 10.2. The number of anilines is 1. The van der Waals surface area contributed by atoms with E-state index < -0.39 is 17.5 Å². The van der Waals surface area contributed by atoms with Crippen LogP contribution in [0.2, 0.25) is 0 Å². The van der Waals surface area contributed by atoms with E-state index in [0.717, 1.165) is 18.0 Å². The van der Waals surface area contributed by atoms with Crippen LogP contribution in [0.3, 0.4) is 0 Å². The Morgan fingerprint density at radius 1 is 1.00 bits per heavy atom. The Morgan fingerprint density at radius 3 is 2.26 bits per heavy atom. The molecule has 0 saturated heterocycles. The molecule has 12 heteroatoms. The molecule has 0 radical (unpaired) electrons. The van der Waals surface area contributed by atoms with Crippen LogP contribution in [0.25, 0.3) is 0 Å². The number of pyridine rings is 3. The van der Waals surface area contributed by atoms with E-state index in [2.05, 4.69) is 29.9 Å². The summed E-state index contributed by atoms with van der Waals surface area (Å²) in [5.74, 6) is -1.60. The van der Waals surface area contributed by atoms with Gasteiger partial charge in [0, 0.05) is 18.6 Å². The fourth-order valence-electron chi connectivity index (χ4n) is 2.62. The molecule has 178 valence electrons. The number of hydrogen-bond acceptors (Lipinski definition) is 6. The number of primary amides is 1. The van der Waals surface area contributed by atoms with Crippen molar-refractivity contribution < 1.29 is 13.6 Å². The first-order valence-electron chi connectivity index (χ1n) is 10.0. The Labute approximate surface area is 198 Å². The molecule has 0 spiro atoms. The van der Waals surface area contributed by atoms with Crippen molar-refractivity contribution in [3.8, 4) is 0 Å². The summed E-state index contributed by atoms with van der Waals surface area (Å²) in [5.41, 5.74) is 18.4. The lowest BCUT2D eigenvalue weighted by Crippen LogP contribution is -2.21. The minimum Gasteiger partial charge on any atom is -0.396 e. The third-order valence-corrected chi connectivity index (χ3v) is 4.34. The summed E-state index contributed by atoms with van der Waals surface area (Å²) in [6.07, 6.45) is 6.75. The second kappa shape index (κ2) is 11.2. The molecule has 0 bridgehead atoms. The summed E-state index contributed by atoms with van der Waals surface area (Å²) >= 11 is 0. The van der Waals surface area contributed by atoms with Crippen molar-refractivity contribution in [2.24, 2.45) is 21.5 Å². The normalized spacial score (nSPS) is 11.5. The van der Waals surface area contributed by atoms with Crippen LogP contribution in [0.15, 0.2) is 77.4 Å². The number of carbonyl (C=O) groups is 1. The first-order valence-corrected chi connectivity index (χ1v) is 10.0. The highest BCUT2D eigenvalue weighted by molar-refractivity contribution is 6.10. The fraction of sp³-hybridized carbons (Fsp3) is 0.0435. The van der Waals surface area contributed by atoms with Crippen LogP contribution in [0.5, 0.6) is 0 Å². The standard InChI is InChI=1S/C18H16FN7O.C5H5FN2/c1-10-7-15(23-8-10)18(25-12-5-6-22-9-11(12)19)26-16(20)13-3-2-4-14(24-13)17(21)27;6-4-3-8-2-1-5(4)7/h2-9,23H,1H3,(H2,21,27)(H2,20,22,25,26);1-3H,(H2,7,8). The van der Waals surface area contributed by atoms with E-state index in [1.165, 1.54) is 30.6 Å². The molecule has 0 saturated carbocycles. The predicted octanol–water partition coefficient (Wildman–Crippen LogP) is 2.64. The number of aromatic nitrogens is 4. The molecule has 4 aromatic rings. The van der Waals surface area contributed by atoms with Crippen LogP contribution in [0.4, 0.5) is 20.2 Å². The van der Waals surface area contributed by atoms with Crippen molar-refractivity contribution in [2.75, 3.05) is 5.73 Å². The van der Waals surface area contributed by atoms with Crippen LogP contribution in [0, 0.1) is 18.6 Å². The highest BCUT2D eigenvalue weighted by Gasteiger charge is 2.11. The zero-order valence-corrected chi connectivity index (χ0v) is 18.5. The highest BCUT2D eigenvalue weighted by Crippen LogP contribution is 2.18. The number of H-pyrrole nitrogens is 1. The molecule has 4 aromatic heterocycles. The fourth-order valence-corrected chi connectivity index (χ4v) is 2.62. The molecule has 0 aliphatic rings. The Hall–Kier alpha value is -5.00. The van der Waals surface area contributed by atoms with E-state index >= 15 is 0 Å². The van der Waals surface area contributed by atoms with Gasteiger partial charge in [-0.1, -0.05) is 6.07 Å². The summed E-state index contributed by atoms with van der Waals surface area (Å²) in [4.78, 5) is 34.1. The number of aliphatic imine (C=N–C) groups is 2. The number of rotatable bonds is 4. The van der Waals surface area contributed by atoms with Crippen molar-refractivity contribution in [1.82, 2.24) is 19.9 Å². The largest absolute Gasteiger partial charge is 0.396 e. The number of carbonyl (C=O) groups excluding carboxylic acids is 1. The number of halogens is 2. The first kappa shape index (κ1) is 24.6. The molecular weight excluding hydrogens is 456 g/mol. The lowest BCUT2D eigenvalue weighted by Gasteiger charge is -2.04. The molecule has 0 unspecified atom stereocenters. The Kier molecular flexibility index (Phi) is 7.90. The maximum absolute atomic E-state index is 13.9. The summed E-state index contributed by atoms with van der Waals surface area (Å²) in [6, 6.07) is 9.26. The summed E-state index contributed by atoms with van der Waals surface area (Å²) < 4.78 is 26.1. The third kappa shape index (κ3) is 6.74. The monoisotopic (exact) mass is 477 g/mol. The number of aryl methyl sites for hydroxylation is 1. The van der Waals surface area contributed by atoms with E-state index in [-0.39, 0.29) is 34.4 Å². The zero-order valence-electron chi connectivity index (χ0n) is 18.5. The quantitative estimate of drug-likeness (QED) is 0.259. The molecule has 0 atom stereocenters. The number of hydrogen-bond donors (Lipinski definition) is 4. The number of nitrogen functional groups attached to an aromatic ring is 1. The molecule has 7 N–H and O–H groups in total. The molecule has 4 rings (SSSR count). The van der Waals surface area contributed by atoms with Gasteiger partial charge in [0.2, 0.25) is 0 Å². The highest BCUT2D eigenvalue weighted by atomic mass is 19.1. The molecule has 0 aliphatic carbocycles. The summed E-state index contributed by atoms with van der Waals surface area (Å²) in [6.45, 7) is 1.88. The molecule has 0 aliphatic heterocycles. The smallest absolute Gasteiger partial charge is 0.267 e. The summed E-state index contributed by atoms with van der Waals surface area (Å²) in [7, 11) is 0. The predicted molar refractivity (Wildman–Crippen MR) is 128 cm³/mol. The molecule has 0 aromatic carbocycles. The molecular formula is C23H21F2N9O. The van der Waals surface area contributed by atoms with E-state index in [9.17, 15) is 13.6 Å². The van der Waals surface area contributed by atoms with Gasteiger partial charge in [0.05, 0.1) is 23.8 Å². The van der Waals surface area contributed by atoms with Gasteiger partial charge in [-0.05, 0) is 42.8 Å². The molecule has 0 fully saturated rings. The average Bonchev–Trinajstić information content (AvgIpc) is 3.28. The molecule has 10 nitrogen and oxygen atoms in total. The van der Waals surface area contributed by atoms with Gasteiger partial charge >= 0.3 is 0 Å². The van der Waals surface area contributed by atoms with Gasteiger partial charge in [0.15, 0.2) is 23.3 Å². The van der Waals surface area contributed by atoms with Gasteiger partial charge < -0.3 is 22.2 Å². The number of nitrogens with one attached hydrogen (secondary N) is 1. The first-order chi connectivity index (χ1) is 16.7. The van der Waals surface area contributed by atoms with Crippen LogP contribution in [-0.4, -0.2) is 37.5 Å². The van der Waals surface area contributed by atoms with E-state index in [0.29, 0.717) is 5.69 Å². The van der Waals surface area contributed by atoms with Gasteiger partial charge in [0.25, 0.3) is 5.91 Å². The maximum atomic E-state index is 13.9. The number of nitrogens with zero attached hydrogens (tertiary/aromatic N) is 5. The van der Waals surface area contributed by atoms with Gasteiger partial charge in [-0.25, -0.2) is 23.7 Å². The maximum Gasteiger partial charge on any atom is 0.267 e. The topological polar surface area (TPSA) is 174 Å². The molecule has 1 amide bonds. The SMILES string of the molecule is Cc1c[nH]c(C(N=C(N)c2cccc(C(N)=O)n2)=Nc2ccncc2F)c1.Nc1ccncc1F. The number of amides is 1. The second-order valence-corrected chi connectivity index (χ2v) is 7.02. The lowest BCUT2D eigenvalue weighted by molar-refractivity contribution is 0.0995. The second-order valence-electron chi connectivity index (χ2n) is 7.02. The van der Waals surface area contributed by atoms with Gasteiger partial charge in [0.1, 0.15) is 17.1 Å². The average molecular weight is 477 g/mol. The van der Waals surface area contributed by atoms with Crippen LogP contribution < -0.4 is 17.2 Å². The van der Waals surface area contributed by atoms with Crippen molar-refractivity contribution in [3.63, 3.8) is 0 Å². The van der Waals surface area contributed by atoms with Gasteiger partial charge in [-0.2, -0.15) is 0 Å². The van der Waals surface area contributed by atoms with Gasteiger partial charge in [-0.3, -0.25) is 14.8 Å². The number of amidine groups is 2. The Morgan fingerprint density at radius 2 is 1.69 bits per heavy atom. The number of nitrogens with two attached hydrogens (primary N) is 3. The van der Waals surface area contributed by atoms with Gasteiger partial charge in [-0.15, -0.1) is 0 Å². The Balaban J connectivity index is 0.000000363. The van der Waals surface area contributed by atoms with E-state index in [1.54, 1.807) is 24.4 Å². The van der Waals surface area contributed by atoms with Crippen LogP contribution in [-0.2, 0) is 0 Å².